The molecule has 2 aliphatic heterocycles. The second kappa shape index (κ2) is 7.11. The lowest BCUT2D eigenvalue weighted by molar-refractivity contribution is -0.124. The minimum Gasteiger partial charge on any atom is -0.312 e. The van der Waals surface area contributed by atoms with Gasteiger partial charge in [0, 0.05) is 42.5 Å². The highest BCUT2D eigenvalue weighted by Gasteiger charge is 2.51. The standard InChI is InChI=1S/C24H25N5O2/c1-14(2)20-22(30)29(15(3)27-20)9-5-6-16-10-17-11-24(12-19(17)26-13-16)18-7-4-8-25-21(18)28-23(24)31/h4-8,10,13-15H,9,11-12H2,1-3H3,(H,25,28,31)/b6-5+. The van der Waals surface area contributed by atoms with Gasteiger partial charge < -0.3 is 10.2 Å². The molecule has 4 heterocycles. The quantitative estimate of drug-likeness (QED) is 0.832. The van der Waals surface area contributed by atoms with Crippen LogP contribution in [0, 0.1) is 5.92 Å². The van der Waals surface area contributed by atoms with Crippen molar-refractivity contribution in [1.82, 2.24) is 14.9 Å². The minimum absolute atomic E-state index is 0.00113. The van der Waals surface area contributed by atoms with Crippen LogP contribution >= 0.6 is 0 Å². The van der Waals surface area contributed by atoms with E-state index in [9.17, 15) is 9.59 Å². The maximum atomic E-state index is 12.8. The Hall–Kier alpha value is -3.35. The Labute approximate surface area is 181 Å². The molecule has 31 heavy (non-hydrogen) atoms. The molecule has 158 valence electrons. The molecule has 3 aliphatic rings. The molecule has 2 aromatic heterocycles. The van der Waals surface area contributed by atoms with E-state index in [2.05, 4.69) is 26.3 Å². The molecule has 0 fully saturated rings. The number of rotatable bonds is 4. The molecular formula is C24H25N5O2. The number of aromatic nitrogens is 2. The normalized spacial score (nSPS) is 24.3. The average Bonchev–Trinajstić information content (AvgIpc) is 3.35. The zero-order valence-electron chi connectivity index (χ0n) is 17.9. The van der Waals surface area contributed by atoms with Gasteiger partial charge in [-0.2, -0.15) is 0 Å². The van der Waals surface area contributed by atoms with Crippen LogP contribution in [0.1, 0.15) is 43.2 Å². The average molecular weight is 415 g/mol. The Kier molecular flexibility index (Phi) is 4.50. The van der Waals surface area contributed by atoms with Crippen molar-refractivity contribution >= 4 is 29.4 Å². The van der Waals surface area contributed by atoms with Crippen molar-refractivity contribution in [2.75, 3.05) is 11.9 Å². The number of carbonyl (C=O) groups is 2. The summed E-state index contributed by atoms with van der Waals surface area (Å²) in [5.41, 5.74) is 4.01. The monoisotopic (exact) mass is 415 g/mol. The highest BCUT2D eigenvalue weighted by atomic mass is 16.2. The van der Waals surface area contributed by atoms with Crippen molar-refractivity contribution in [1.29, 1.82) is 0 Å². The molecular weight excluding hydrogens is 390 g/mol. The summed E-state index contributed by atoms with van der Waals surface area (Å²) < 4.78 is 0. The lowest BCUT2D eigenvalue weighted by Crippen LogP contribution is -2.35. The van der Waals surface area contributed by atoms with E-state index in [1.807, 2.05) is 51.3 Å². The predicted octanol–water partition coefficient (Wildman–Crippen LogP) is 2.76. The SMILES string of the molecule is CC(C)C1=NC(C)N(C/C=C/c2cnc3c(c2)CC2(C3)C(=O)Nc3ncccc32)C1=O. The van der Waals surface area contributed by atoms with Gasteiger partial charge in [-0.3, -0.25) is 19.6 Å². The molecule has 0 saturated carbocycles. The molecule has 0 saturated heterocycles. The van der Waals surface area contributed by atoms with Gasteiger partial charge in [-0.05, 0) is 36.6 Å². The van der Waals surface area contributed by atoms with E-state index in [0.717, 1.165) is 22.4 Å². The molecule has 1 spiro atoms. The van der Waals surface area contributed by atoms with E-state index in [0.29, 0.717) is 30.9 Å². The first-order valence-electron chi connectivity index (χ1n) is 10.7. The number of anilines is 1. The third kappa shape index (κ3) is 3.07. The van der Waals surface area contributed by atoms with E-state index in [-0.39, 0.29) is 23.9 Å². The van der Waals surface area contributed by atoms with Gasteiger partial charge in [0.1, 0.15) is 17.7 Å². The molecule has 1 aliphatic carbocycles. The summed E-state index contributed by atoms with van der Waals surface area (Å²) in [7, 11) is 0. The smallest absolute Gasteiger partial charge is 0.270 e. The molecule has 0 aromatic carbocycles. The summed E-state index contributed by atoms with van der Waals surface area (Å²) in [6.07, 6.45) is 8.56. The lowest BCUT2D eigenvalue weighted by Gasteiger charge is -2.19. The Morgan fingerprint density at radius 3 is 2.90 bits per heavy atom. The third-order valence-corrected chi connectivity index (χ3v) is 6.45. The van der Waals surface area contributed by atoms with Gasteiger partial charge in [0.15, 0.2) is 0 Å². The molecule has 2 unspecified atom stereocenters. The number of carbonyl (C=O) groups excluding carboxylic acids is 2. The van der Waals surface area contributed by atoms with Crippen molar-refractivity contribution in [3.63, 3.8) is 0 Å². The van der Waals surface area contributed by atoms with Crippen LogP contribution in [0.25, 0.3) is 6.08 Å². The number of hydrogen-bond acceptors (Lipinski definition) is 5. The Balaban J connectivity index is 1.32. The first-order chi connectivity index (χ1) is 14.9. The molecule has 0 bridgehead atoms. The zero-order valence-corrected chi connectivity index (χ0v) is 17.9. The van der Waals surface area contributed by atoms with Crippen molar-refractivity contribution in [3.8, 4) is 0 Å². The Morgan fingerprint density at radius 2 is 2.13 bits per heavy atom. The van der Waals surface area contributed by atoms with Crippen LogP contribution in [-0.2, 0) is 27.8 Å². The second-order valence-corrected chi connectivity index (χ2v) is 8.82. The maximum absolute atomic E-state index is 12.8. The predicted molar refractivity (Wildman–Crippen MR) is 119 cm³/mol. The highest BCUT2D eigenvalue weighted by molar-refractivity contribution is 6.40. The first kappa shape index (κ1) is 19.6. The molecule has 5 rings (SSSR count). The number of nitrogens with zero attached hydrogens (tertiary/aromatic N) is 4. The minimum atomic E-state index is -0.608. The van der Waals surface area contributed by atoms with Crippen LogP contribution in [0.3, 0.4) is 0 Å². The Bertz CT molecular complexity index is 1150. The van der Waals surface area contributed by atoms with Gasteiger partial charge >= 0.3 is 0 Å². The first-order valence-corrected chi connectivity index (χ1v) is 10.7. The summed E-state index contributed by atoms with van der Waals surface area (Å²) >= 11 is 0. The van der Waals surface area contributed by atoms with Crippen molar-refractivity contribution < 1.29 is 9.59 Å². The van der Waals surface area contributed by atoms with Gasteiger partial charge in [0.2, 0.25) is 5.91 Å². The van der Waals surface area contributed by atoms with E-state index in [1.165, 1.54) is 0 Å². The van der Waals surface area contributed by atoms with E-state index in [4.69, 9.17) is 0 Å². The zero-order chi connectivity index (χ0) is 21.8. The number of aliphatic imine (C=N–C) groups is 1. The van der Waals surface area contributed by atoms with Gasteiger partial charge in [0.05, 0.1) is 5.41 Å². The second-order valence-electron chi connectivity index (χ2n) is 8.82. The van der Waals surface area contributed by atoms with Crippen LogP contribution in [0.5, 0.6) is 0 Å². The van der Waals surface area contributed by atoms with Crippen LogP contribution < -0.4 is 5.32 Å². The summed E-state index contributed by atoms with van der Waals surface area (Å²) in [6.45, 7) is 6.43. The number of hydrogen-bond donors (Lipinski definition) is 1. The molecule has 7 nitrogen and oxygen atoms in total. The van der Waals surface area contributed by atoms with Crippen molar-refractivity contribution in [2.24, 2.45) is 10.9 Å². The van der Waals surface area contributed by atoms with Crippen LogP contribution in [0.2, 0.25) is 0 Å². The molecule has 0 radical (unpaired) electrons. The highest BCUT2D eigenvalue weighted by Crippen LogP contribution is 2.46. The van der Waals surface area contributed by atoms with E-state index < -0.39 is 5.41 Å². The summed E-state index contributed by atoms with van der Waals surface area (Å²) in [5, 5.41) is 2.92. The fourth-order valence-corrected chi connectivity index (χ4v) is 4.80. The molecule has 2 amide bonds. The van der Waals surface area contributed by atoms with E-state index in [1.54, 1.807) is 11.1 Å². The summed E-state index contributed by atoms with van der Waals surface area (Å²) in [5.74, 6) is 0.803. The fourth-order valence-electron chi connectivity index (χ4n) is 4.80. The number of fused-ring (bicyclic) bond motifs is 3. The van der Waals surface area contributed by atoms with Gasteiger partial charge in [-0.25, -0.2) is 4.98 Å². The fraction of sp³-hybridized carbons (Fsp3) is 0.375. The number of nitrogens with one attached hydrogen (secondary N) is 1. The summed E-state index contributed by atoms with van der Waals surface area (Å²) in [6, 6.07) is 5.95. The number of pyridine rings is 2. The third-order valence-electron chi connectivity index (χ3n) is 6.45. The molecule has 2 atom stereocenters. The maximum Gasteiger partial charge on any atom is 0.270 e. The van der Waals surface area contributed by atoms with E-state index >= 15 is 0 Å². The van der Waals surface area contributed by atoms with Crippen molar-refractivity contribution in [2.45, 2.75) is 45.2 Å². The topological polar surface area (TPSA) is 87.6 Å². The van der Waals surface area contributed by atoms with Crippen molar-refractivity contribution in [3.05, 3.63) is 59.1 Å². The lowest BCUT2D eigenvalue weighted by atomic mass is 9.80. The largest absolute Gasteiger partial charge is 0.312 e. The van der Waals surface area contributed by atoms with Gasteiger partial charge in [0.25, 0.3) is 5.91 Å². The molecule has 1 N–H and O–H groups in total. The summed E-state index contributed by atoms with van der Waals surface area (Å²) in [4.78, 5) is 40.6. The van der Waals surface area contributed by atoms with Crippen LogP contribution in [0.4, 0.5) is 5.82 Å². The Morgan fingerprint density at radius 1 is 1.29 bits per heavy atom. The molecule has 2 aromatic rings. The number of amides is 2. The van der Waals surface area contributed by atoms with Gasteiger partial charge in [-0.1, -0.05) is 32.1 Å². The molecule has 7 heteroatoms. The van der Waals surface area contributed by atoms with Gasteiger partial charge in [-0.15, -0.1) is 0 Å². The van der Waals surface area contributed by atoms with Crippen LogP contribution in [-0.4, -0.2) is 45.1 Å². The van der Waals surface area contributed by atoms with Crippen LogP contribution in [0.15, 0.2) is 41.7 Å².